The van der Waals surface area contributed by atoms with E-state index < -0.39 is 0 Å². The van der Waals surface area contributed by atoms with Gasteiger partial charge in [-0.2, -0.15) is 0 Å². The number of furan rings is 1. The van der Waals surface area contributed by atoms with Crippen LogP contribution in [0.4, 0.5) is 0 Å². The molecule has 3 aromatic rings. The minimum absolute atomic E-state index is 0.160. The van der Waals surface area contributed by atoms with Crippen LogP contribution in [0.1, 0.15) is 35.9 Å². The van der Waals surface area contributed by atoms with Gasteiger partial charge in [0.25, 0.3) is 5.91 Å². The Bertz CT molecular complexity index is 930. The van der Waals surface area contributed by atoms with Crippen molar-refractivity contribution in [1.29, 1.82) is 0 Å². The molecular weight excluding hydrogens is 348 g/mol. The lowest BCUT2D eigenvalue weighted by molar-refractivity contribution is 0.0916. The third-order valence-corrected chi connectivity index (χ3v) is 4.39. The molecule has 1 atom stereocenters. The summed E-state index contributed by atoms with van der Waals surface area (Å²) in [7, 11) is 0. The van der Waals surface area contributed by atoms with E-state index in [4.69, 9.17) is 18.4 Å². The molecule has 1 aliphatic heterocycles. The largest absolute Gasteiger partial charge is 0.486 e. The zero-order valence-electron chi connectivity index (χ0n) is 15.1. The van der Waals surface area contributed by atoms with Crippen molar-refractivity contribution in [1.82, 2.24) is 10.5 Å². The summed E-state index contributed by atoms with van der Waals surface area (Å²) in [6, 6.07) is 10.6. The van der Waals surface area contributed by atoms with Gasteiger partial charge in [-0.1, -0.05) is 25.1 Å². The van der Waals surface area contributed by atoms with Crippen molar-refractivity contribution in [2.75, 3.05) is 13.2 Å². The zero-order valence-corrected chi connectivity index (χ0v) is 15.1. The van der Waals surface area contributed by atoms with E-state index >= 15 is 0 Å². The van der Waals surface area contributed by atoms with E-state index in [2.05, 4.69) is 10.5 Å². The topological polar surface area (TPSA) is 86.7 Å². The Morgan fingerprint density at radius 3 is 2.63 bits per heavy atom. The summed E-state index contributed by atoms with van der Waals surface area (Å²) in [6.07, 6.45) is 1.54. The number of hydrogen-bond acceptors (Lipinski definition) is 6. The first-order chi connectivity index (χ1) is 13.1. The molecule has 0 saturated carbocycles. The molecule has 3 heterocycles. The molecule has 1 N–H and O–H groups in total. The van der Waals surface area contributed by atoms with Crippen molar-refractivity contribution < 1.29 is 23.2 Å². The summed E-state index contributed by atoms with van der Waals surface area (Å²) in [6.45, 7) is 5.14. The monoisotopic (exact) mass is 368 g/mol. The Labute approximate surface area is 156 Å². The van der Waals surface area contributed by atoms with Crippen LogP contribution >= 0.6 is 0 Å². The van der Waals surface area contributed by atoms with Gasteiger partial charge in [0.1, 0.15) is 13.2 Å². The molecule has 140 valence electrons. The predicted octanol–water partition coefficient (Wildman–Crippen LogP) is 3.83. The maximum absolute atomic E-state index is 12.7. The molecule has 0 saturated heterocycles. The van der Waals surface area contributed by atoms with Gasteiger partial charge < -0.3 is 23.7 Å². The van der Waals surface area contributed by atoms with Gasteiger partial charge in [0.15, 0.2) is 23.0 Å². The van der Waals surface area contributed by atoms with Crippen LogP contribution in [0.25, 0.3) is 11.5 Å². The fourth-order valence-electron chi connectivity index (χ4n) is 3.02. The molecule has 1 aliphatic rings. The number of carbonyl (C=O) groups is 1. The molecule has 0 unspecified atom stereocenters. The fourth-order valence-corrected chi connectivity index (χ4v) is 3.02. The maximum atomic E-state index is 12.7. The third kappa shape index (κ3) is 3.53. The van der Waals surface area contributed by atoms with E-state index in [-0.39, 0.29) is 23.6 Å². The van der Waals surface area contributed by atoms with Crippen molar-refractivity contribution >= 4 is 5.91 Å². The second kappa shape index (κ2) is 7.19. The van der Waals surface area contributed by atoms with E-state index in [9.17, 15) is 4.79 Å². The quantitative estimate of drug-likeness (QED) is 0.736. The van der Waals surface area contributed by atoms with Crippen LogP contribution in [0, 0.1) is 5.92 Å². The Hall–Kier alpha value is -3.22. The Kier molecular flexibility index (Phi) is 4.58. The van der Waals surface area contributed by atoms with E-state index in [1.54, 1.807) is 18.2 Å². The number of rotatable bonds is 5. The first kappa shape index (κ1) is 17.2. The van der Waals surface area contributed by atoms with Crippen molar-refractivity contribution in [3.8, 4) is 23.0 Å². The first-order valence-corrected chi connectivity index (χ1v) is 8.83. The van der Waals surface area contributed by atoms with Crippen LogP contribution in [-0.4, -0.2) is 24.3 Å². The molecule has 1 amide bonds. The highest BCUT2D eigenvalue weighted by Crippen LogP contribution is 2.34. The van der Waals surface area contributed by atoms with Crippen LogP contribution < -0.4 is 14.8 Å². The van der Waals surface area contributed by atoms with E-state index in [1.807, 2.05) is 32.0 Å². The molecule has 27 heavy (non-hydrogen) atoms. The second-order valence-electron chi connectivity index (χ2n) is 6.65. The number of carbonyl (C=O) groups excluding carboxylic acids is 1. The van der Waals surface area contributed by atoms with Gasteiger partial charge >= 0.3 is 0 Å². The average Bonchev–Trinajstić information content (AvgIpc) is 3.36. The number of benzene rings is 1. The van der Waals surface area contributed by atoms with Crippen LogP contribution in [0.2, 0.25) is 0 Å². The summed E-state index contributed by atoms with van der Waals surface area (Å²) in [5, 5.41) is 6.88. The lowest BCUT2D eigenvalue weighted by Crippen LogP contribution is -2.32. The number of fused-ring (bicyclic) bond motifs is 1. The summed E-state index contributed by atoms with van der Waals surface area (Å²) in [4.78, 5) is 12.7. The Morgan fingerprint density at radius 2 is 1.89 bits per heavy atom. The van der Waals surface area contributed by atoms with Gasteiger partial charge in [-0.3, -0.25) is 4.79 Å². The first-order valence-electron chi connectivity index (χ1n) is 8.83. The van der Waals surface area contributed by atoms with Gasteiger partial charge in [0.2, 0.25) is 5.76 Å². The summed E-state index contributed by atoms with van der Waals surface area (Å²) in [5.41, 5.74) is 1.14. The Balaban J connectivity index is 1.54. The lowest BCUT2D eigenvalue weighted by atomic mass is 9.95. The number of amides is 1. The zero-order chi connectivity index (χ0) is 18.8. The summed E-state index contributed by atoms with van der Waals surface area (Å²) in [5.74, 6) is 2.19. The van der Waals surface area contributed by atoms with E-state index in [0.717, 1.165) is 11.3 Å². The normalized spacial score (nSPS) is 14.2. The molecule has 4 rings (SSSR count). The molecule has 0 spiro atoms. The summed E-state index contributed by atoms with van der Waals surface area (Å²) >= 11 is 0. The SMILES string of the molecule is CC(C)[C@@H](NC(=O)c1cc(-c2ccco2)on1)c1ccc2c(c1)OCCO2. The molecule has 0 fully saturated rings. The summed E-state index contributed by atoms with van der Waals surface area (Å²) < 4.78 is 21.7. The van der Waals surface area contributed by atoms with Crippen molar-refractivity contribution in [3.63, 3.8) is 0 Å². The van der Waals surface area contributed by atoms with Gasteiger partial charge in [0.05, 0.1) is 12.3 Å². The highest BCUT2D eigenvalue weighted by molar-refractivity contribution is 5.93. The van der Waals surface area contributed by atoms with E-state index in [1.165, 1.54) is 6.26 Å². The van der Waals surface area contributed by atoms with Crippen molar-refractivity contribution in [2.45, 2.75) is 19.9 Å². The number of nitrogens with one attached hydrogen (secondary N) is 1. The van der Waals surface area contributed by atoms with Crippen molar-refractivity contribution in [2.24, 2.45) is 5.92 Å². The van der Waals surface area contributed by atoms with Crippen LogP contribution in [0.5, 0.6) is 11.5 Å². The Morgan fingerprint density at radius 1 is 1.07 bits per heavy atom. The molecule has 7 nitrogen and oxygen atoms in total. The van der Waals surface area contributed by atoms with Gasteiger partial charge in [-0.25, -0.2) is 0 Å². The van der Waals surface area contributed by atoms with Gasteiger partial charge in [-0.15, -0.1) is 0 Å². The van der Waals surface area contributed by atoms with Gasteiger partial charge in [-0.05, 0) is 35.7 Å². The second-order valence-corrected chi connectivity index (χ2v) is 6.65. The lowest BCUT2D eigenvalue weighted by Gasteiger charge is -2.25. The van der Waals surface area contributed by atoms with Crippen LogP contribution in [-0.2, 0) is 0 Å². The highest BCUT2D eigenvalue weighted by Gasteiger charge is 2.24. The van der Waals surface area contributed by atoms with E-state index in [0.29, 0.717) is 30.5 Å². The molecular formula is C20H20N2O5. The van der Waals surface area contributed by atoms with Crippen molar-refractivity contribution in [3.05, 3.63) is 53.9 Å². The molecule has 0 bridgehead atoms. The number of nitrogens with zero attached hydrogens (tertiary/aromatic N) is 1. The highest BCUT2D eigenvalue weighted by atomic mass is 16.6. The minimum atomic E-state index is -0.315. The predicted molar refractivity (Wildman–Crippen MR) is 96.7 cm³/mol. The standard InChI is InChI=1S/C20H20N2O5/c1-12(2)19(13-5-6-16-17(10-13)26-9-8-25-16)21-20(23)14-11-18(27-22-14)15-4-3-7-24-15/h3-7,10-12,19H,8-9H2,1-2H3,(H,21,23)/t19-/m1/s1. The van der Waals surface area contributed by atoms with Crippen LogP contribution in [0.15, 0.2) is 51.6 Å². The maximum Gasteiger partial charge on any atom is 0.273 e. The van der Waals surface area contributed by atoms with Gasteiger partial charge in [0, 0.05) is 6.07 Å². The number of ether oxygens (including phenoxy) is 2. The number of aromatic nitrogens is 1. The minimum Gasteiger partial charge on any atom is -0.486 e. The molecule has 7 heteroatoms. The van der Waals surface area contributed by atoms with Crippen LogP contribution in [0.3, 0.4) is 0 Å². The average molecular weight is 368 g/mol. The third-order valence-electron chi connectivity index (χ3n) is 4.39. The smallest absolute Gasteiger partial charge is 0.273 e. The fraction of sp³-hybridized carbons (Fsp3) is 0.300. The molecule has 0 radical (unpaired) electrons. The molecule has 2 aromatic heterocycles. The molecule has 0 aliphatic carbocycles. The number of hydrogen-bond donors (Lipinski definition) is 1. The molecule has 1 aromatic carbocycles.